The smallest absolute Gasteiger partial charge is 0.394 e. The van der Waals surface area contributed by atoms with Crippen LogP contribution in [0.5, 0.6) is 0 Å². The largest absolute Gasteiger partial charge is 0.405 e. The van der Waals surface area contributed by atoms with Crippen molar-refractivity contribution in [2.45, 2.75) is 44.7 Å². The molecule has 30 heavy (non-hydrogen) atoms. The number of aliphatic imine (C=N–C) groups is 1. The van der Waals surface area contributed by atoms with Crippen LogP contribution in [0.2, 0.25) is 0 Å². The Bertz CT molecular complexity index is 787. The Kier molecular flexibility index (Phi) is 10.6. The van der Waals surface area contributed by atoms with Crippen molar-refractivity contribution in [2.75, 3.05) is 23.8 Å². The van der Waals surface area contributed by atoms with Crippen molar-refractivity contribution in [1.82, 2.24) is 9.97 Å². The summed E-state index contributed by atoms with van der Waals surface area (Å²) in [4.78, 5) is 12.8. The fourth-order valence-electron chi connectivity index (χ4n) is 2.32. The highest BCUT2D eigenvalue weighted by atomic mass is 32.1. The van der Waals surface area contributed by atoms with Gasteiger partial charge in [0, 0.05) is 11.5 Å². The monoisotopic (exact) mass is 443 g/mol. The first-order valence-electron chi connectivity index (χ1n) is 9.42. The van der Waals surface area contributed by atoms with Crippen LogP contribution in [0, 0.1) is 0 Å². The summed E-state index contributed by atoms with van der Waals surface area (Å²) in [6.07, 6.45) is 4.49. The lowest BCUT2D eigenvalue weighted by molar-refractivity contribution is -0.115. The summed E-state index contributed by atoms with van der Waals surface area (Å²) in [6, 6.07) is -0.339. The second kappa shape index (κ2) is 12.4. The molecule has 0 aromatic carbocycles. The molecule has 1 rings (SSSR count). The quantitative estimate of drug-likeness (QED) is 0.224. The normalized spacial score (nSPS) is 14.9. The molecule has 0 bridgehead atoms. The molecule has 2 unspecified atom stereocenters. The minimum atomic E-state index is -4.44. The zero-order chi connectivity index (χ0) is 22.7. The van der Waals surface area contributed by atoms with Crippen molar-refractivity contribution in [3.63, 3.8) is 0 Å². The molecule has 0 saturated carbocycles. The number of halogens is 3. The van der Waals surface area contributed by atoms with E-state index in [0.29, 0.717) is 6.42 Å². The van der Waals surface area contributed by atoms with E-state index in [-0.39, 0.29) is 41.0 Å². The molecule has 1 heterocycles. The molecular formula is C20H28F3N5OS. The van der Waals surface area contributed by atoms with Crippen molar-refractivity contribution in [1.29, 1.82) is 0 Å². The third-order valence-electron chi connectivity index (χ3n) is 3.74. The third-order valence-corrected chi connectivity index (χ3v) is 3.89. The lowest BCUT2D eigenvalue weighted by Crippen LogP contribution is -2.25. The van der Waals surface area contributed by atoms with Crippen LogP contribution in [0.1, 0.15) is 32.9 Å². The third kappa shape index (κ3) is 9.00. The van der Waals surface area contributed by atoms with Gasteiger partial charge in [-0.2, -0.15) is 30.8 Å². The van der Waals surface area contributed by atoms with E-state index >= 15 is 0 Å². The summed E-state index contributed by atoms with van der Waals surface area (Å²) in [5.41, 5.74) is 1.10. The highest BCUT2D eigenvalue weighted by Crippen LogP contribution is 2.30. The highest BCUT2D eigenvalue weighted by molar-refractivity contribution is 7.81. The lowest BCUT2D eigenvalue weighted by atomic mass is 10.2. The van der Waals surface area contributed by atoms with E-state index in [1.54, 1.807) is 6.08 Å². The van der Waals surface area contributed by atoms with Gasteiger partial charge in [-0.15, -0.1) is 0 Å². The summed E-state index contributed by atoms with van der Waals surface area (Å²) in [7, 11) is 0. The van der Waals surface area contributed by atoms with Gasteiger partial charge < -0.3 is 15.7 Å². The number of hydrogen-bond acceptors (Lipinski definition) is 7. The molecule has 1 aromatic heterocycles. The van der Waals surface area contributed by atoms with Crippen LogP contribution in [0.4, 0.5) is 30.6 Å². The van der Waals surface area contributed by atoms with Crippen LogP contribution < -0.4 is 10.6 Å². The zero-order valence-electron chi connectivity index (χ0n) is 17.2. The molecule has 166 valence electrons. The predicted molar refractivity (Wildman–Crippen MR) is 121 cm³/mol. The molecule has 0 aliphatic heterocycles. The number of aliphatic hydroxyl groups is 1. The summed E-state index contributed by atoms with van der Waals surface area (Å²) >= 11 is 4.32. The Hall–Kier alpha value is -2.33. The van der Waals surface area contributed by atoms with Gasteiger partial charge in [0.15, 0.2) is 5.82 Å². The van der Waals surface area contributed by atoms with E-state index < -0.39 is 12.7 Å². The number of rotatable bonds is 11. The SMILES string of the molecule is C=Cc1nc(NC(CC)CO)nc(NCC(F)(F)F)c1N=CC(/C=C\C)=C/C(C)S. The maximum atomic E-state index is 12.8. The number of thiol groups is 1. The van der Waals surface area contributed by atoms with Gasteiger partial charge in [-0.05, 0) is 31.9 Å². The molecule has 3 N–H and O–H groups in total. The lowest BCUT2D eigenvalue weighted by Gasteiger charge is -2.17. The van der Waals surface area contributed by atoms with Crippen molar-refractivity contribution in [3.05, 3.63) is 36.1 Å². The Morgan fingerprint density at radius 3 is 2.57 bits per heavy atom. The van der Waals surface area contributed by atoms with Gasteiger partial charge >= 0.3 is 6.18 Å². The van der Waals surface area contributed by atoms with E-state index in [9.17, 15) is 18.3 Å². The zero-order valence-corrected chi connectivity index (χ0v) is 18.1. The fraction of sp³-hybridized carbons (Fsp3) is 0.450. The molecule has 0 aliphatic rings. The minimum Gasteiger partial charge on any atom is -0.394 e. The molecule has 0 amide bonds. The van der Waals surface area contributed by atoms with Crippen molar-refractivity contribution < 1.29 is 18.3 Å². The first-order chi connectivity index (χ1) is 14.1. The van der Waals surface area contributed by atoms with Crippen LogP contribution in [0.25, 0.3) is 6.08 Å². The number of nitrogens with one attached hydrogen (secondary N) is 2. The van der Waals surface area contributed by atoms with Crippen molar-refractivity contribution >= 4 is 42.4 Å². The Morgan fingerprint density at radius 2 is 2.07 bits per heavy atom. The number of aromatic nitrogens is 2. The molecule has 0 fully saturated rings. The molecule has 0 spiro atoms. The second-order valence-corrected chi connectivity index (χ2v) is 7.21. The summed E-state index contributed by atoms with van der Waals surface area (Å²) in [5, 5.41) is 14.5. The maximum Gasteiger partial charge on any atom is 0.405 e. The number of hydrogen-bond donors (Lipinski definition) is 4. The highest BCUT2D eigenvalue weighted by Gasteiger charge is 2.28. The average Bonchev–Trinajstić information content (AvgIpc) is 2.67. The van der Waals surface area contributed by atoms with Gasteiger partial charge in [0.25, 0.3) is 0 Å². The Labute approximate surface area is 180 Å². The van der Waals surface area contributed by atoms with E-state index in [1.165, 1.54) is 12.3 Å². The van der Waals surface area contributed by atoms with E-state index in [2.05, 4.69) is 44.8 Å². The van der Waals surface area contributed by atoms with Gasteiger partial charge in [0.1, 0.15) is 12.2 Å². The van der Waals surface area contributed by atoms with Crippen LogP contribution in [-0.2, 0) is 0 Å². The number of alkyl halides is 3. The minimum absolute atomic E-state index is 0.0448. The first-order valence-corrected chi connectivity index (χ1v) is 9.94. The second-order valence-electron chi connectivity index (χ2n) is 6.40. The van der Waals surface area contributed by atoms with Gasteiger partial charge in [-0.3, -0.25) is 4.99 Å². The molecule has 2 atom stereocenters. The molecule has 10 heteroatoms. The first kappa shape index (κ1) is 25.7. The molecular weight excluding hydrogens is 415 g/mol. The number of anilines is 2. The van der Waals surface area contributed by atoms with Gasteiger partial charge in [0.05, 0.1) is 18.3 Å². The van der Waals surface area contributed by atoms with E-state index in [1.807, 2.05) is 32.9 Å². The Balaban J connectivity index is 3.45. The van der Waals surface area contributed by atoms with Crippen LogP contribution >= 0.6 is 12.6 Å². The molecule has 0 saturated heterocycles. The standard InChI is InChI=1S/C20H28F3N5OS/c1-5-8-14(9-13(4)30)10-24-17-16(7-3)27-19(26-15(6-2)11-29)28-18(17)25-12-20(21,22)23/h5,7-10,13,15,29-30H,3,6,11-12H2,1-2,4H3,(H2,25,26,27,28)/b8-5-,14-9+,24-10?. The van der Waals surface area contributed by atoms with Gasteiger partial charge in [0.2, 0.25) is 5.95 Å². The number of nitrogens with zero attached hydrogens (tertiary/aromatic N) is 3. The molecule has 6 nitrogen and oxygen atoms in total. The predicted octanol–water partition coefficient (Wildman–Crippen LogP) is 4.80. The van der Waals surface area contributed by atoms with Crippen molar-refractivity contribution in [3.8, 4) is 0 Å². The summed E-state index contributed by atoms with van der Waals surface area (Å²) in [5.74, 6) is -0.0230. The topological polar surface area (TPSA) is 82.4 Å². The van der Waals surface area contributed by atoms with Gasteiger partial charge in [-0.25, -0.2) is 4.98 Å². The van der Waals surface area contributed by atoms with E-state index in [0.717, 1.165) is 5.57 Å². The molecule has 1 aromatic rings. The van der Waals surface area contributed by atoms with E-state index in [4.69, 9.17) is 0 Å². The number of allylic oxidation sites excluding steroid dienone is 3. The van der Waals surface area contributed by atoms with Crippen LogP contribution in [0.15, 0.2) is 35.4 Å². The maximum absolute atomic E-state index is 12.8. The average molecular weight is 444 g/mol. The summed E-state index contributed by atoms with van der Waals surface area (Å²) < 4.78 is 38.4. The fourth-order valence-corrected chi connectivity index (χ4v) is 2.50. The van der Waals surface area contributed by atoms with Gasteiger partial charge in [-0.1, -0.05) is 31.7 Å². The number of aliphatic hydroxyl groups excluding tert-OH is 1. The Morgan fingerprint density at radius 1 is 1.37 bits per heavy atom. The van der Waals surface area contributed by atoms with Crippen LogP contribution in [0.3, 0.4) is 0 Å². The van der Waals surface area contributed by atoms with Crippen molar-refractivity contribution in [2.24, 2.45) is 4.99 Å². The summed E-state index contributed by atoms with van der Waals surface area (Å²) in [6.45, 7) is 7.79. The molecule has 0 aliphatic carbocycles. The molecule has 0 radical (unpaired) electrons. The van der Waals surface area contributed by atoms with Crippen LogP contribution in [-0.4, -0.2) is 51.9 Å².